The first-order valence-electron chi connectivity index (χ1n) is 6.29. The van der Waals surface area contributed by atoms with Gasteiger partial charge in [-0.2, -0.15) is 6.42 Å². The van der Waals surface area contributed by atoms with Crippen LogP contribution in [0.4, 0.5) is 0 Å². The van der Waals surface area contributed by atoms with E-state index < -0.39 is 0 Å². The topological polar surface area (TPSA) is 52.7 Å². The van der Waals surface area contributed by atoms with E-state index in [1.807, 2.05) is 24.9 Å². The number of unbranched alkanes of at least 4 members (excludes halogenated alkanes) is 1. The van der Waals surface area contributed by atoms with Crippen LogP contribution in [0.1, 0.15) is 19.8 Å². The number of hydrogen-bond acceptors (Lipinski definition) is 3. The van der Waals surface area contributed by atoms with Crippen LogP contribution in [0.3, 0.4) is 0 Å². The molecule has 9 heteroatoms. The van der Waals surface area contributed by atoms with Crippen molar-refractivity contribution in [3.8, 4) is 0 Å². The molecule has 2 rings (SSSR count). The molecule has 0 aliphatic carbocycles. The first-order valence-corrected chi connectivity index (χ1v) is 7.42. The second-order valence-electron chi connectivity index (χ2n) is 3.75. The Balaban J connectivity index is -0.000000234. The predicted molar refractivity (Wildman–Crippen MR) is 92.6 cm³/mol. The van der Waals surface area contributed by atoms with E-state index >= 15 is 0 Å². The van der Waals surface area contributed by atoms with Crippen molar-refractivity contribution in [3.63, 3.8) is 0 Å². The first-order chi connectivity index (χ1) is 10.4. The molecule has 2 heterocycles. The molecule has 0 aromatic carbocycles. The average molecular weight is 374 g/mol. The molecule has 0 atom stereocenters. The fourth-order valence-electron chi connectivity index (χ4n) is 0.673. The van der Waals surface area contributed by atoms with Crippen LogP contribution in [0.15, 0.2) is 35.6 Å². The molecule has 23 heavy (non-hydrogen) atoms. The molecule has 0 saturated heterocycles. The number of hydrogen-bond donors (Lipinski definition) is 0. The minimum absolute atomic E-state index is 0. The van der Waals surface area contributed by atoms with Crippen LogP contribution in [0.25, 0.3) is 0 Å². The molecule has 2 aromatic heterocycles. The van der Waals surface area contributed by atoms with Gasteiger partial charge in [-0.15, -0.1) is 0 Å². The van der Waals surface area contributed by atoms with E-state index in [1.165, 1.54) is 12.4 Å². The van der Waals surface area contributed by atoms with E-state index in [-0.39, 0.29) is 23.4 Å². The molecule has 0 amide bonds. The second kappa shape index (κ2) is 19.4. The summed E-state index contributed by atoms with van der Waals surface area (Å²) in [6.45, 7) is 5.72. The van der Waals surface area contributed by atoms with Crippen molar-refractivity contribution in [2.75, 3.05) is 0 Å². The third-order valence-corrected chi connectivity index (χ3v) is 2.35. The Bertz CT molecular complexity index is 503. The maximum Gasteiger partial charge on any atom is 1.00 e. The summed E-state index contributed by atoms with van der Waals surface area (Å²) < 4.78 is 3.27. The predicted octanol–water partition coefficient (Wildman–Crippen LogP) is 1.26. The largest absolute Gasteiger partial charge is 1.00 e. The Morgan fingerprint density at radius 3 is 1.91 bits per heavy atom. The number of carbonyl (C=O) groups excluding carboxylic acids is 1. The van der Waals surface area contributed by atoms with Crippen molar-refractivity contribution in [2.45, 2.75) is 19.8 Å². The van der Waals surface area contributed by atoms with Gasteiger partial charge in [0.15, 0.2) is 10.4 Å². The third-order valence-electron chi connectivity index (χ3n) is 1.83. The Morgan fingerprint density at radius 1 is 1.30 bits per heavy atom. The van der Waals surface area contributed by atoms with Crippen molar-refractivity contribution in [1.82, 2.24) is 19.1 Å². The molecule has 0 fully saturated rings. The Hall–Kier alpha value is -0.663. The molecule has 0 radical (unpaired) electrons. The van der Waals surface area contributed by atoms with Gasteiger partial charge in [0.1, 0.15) is 0 Å². The van der Waals surface area contributed by atoms with Crippen LogP contribution in [0.2, 0.25) is 5.28 Å². The molecule has 0 spiro atoms. The van der Waals surface area contributed by atoms with Crippen molar-refractivity contribution in [1.29, 1.82) is 0 Å². The molecular formula is C14H20Cl3LiN4O. The van der Waals surface area contributed by atoms with E-state index in [2.05, 4.69) is 23.8 Å². The Kier molecular flexibility index (Phi) is 22.9. The average Bonchev–Trinajstić information content (AvgIpc) is 3.12. The van der Waals surface area contributed by atoms with Gasteiger partial charge in [0.25, 0.3) is 0 Å². The van der Waals surface area contributed by atoms with Gasteiger partial charge < -0.3 is 16.1 Å². The summed E-state index contributed by atoms with van der Waals surface area (Å²) in [5, 5.41) is 0.528. The fourth-order valence-corrected chi connectivity index (χ4v) is 0.786. The molecule has 0 unspecified atom stereocenters. The molecule has 2 aromatic rings. The summed E-state index contributed by atoms with van der Waals surface area (Å²) in [6, 6.07) is 0. The van der Waals surface area contributed by atoms with Crippen LogP contribution in [0.5, 0.6) is 0 Å². The van der Waals surface area contributed by atoms with Gasteiger partial charge >= 0.3 is 18.9 Å². The van der Waals surface area contributed by atoms with Gasteiger partial charge in [0.05, 0.1) is 6.33 Å². The van der Waals surface area contributed by atoms with Crippen LogP contribution >= 0.6 is 34.8 Å². The van der Waals surface area contributed by atoms with E-state index in [0.717, 1.165) is 6.42 Å². The second-order valence-corrected chi connectivity index (χ2v) is 5.04. The number of nitrogens with zero attached hydrogens (tertiary/aromatic N) is 4. The van der Waals surface area contributed by atoms with Crippen LogP contribution in [-0.4, -0.2) is 25.0 Å². The number of halogens is 3. The zero-order valence-corrected chi connectivity index (χ0v) is 16.1. The zero-order valence-electron chi connectivity index (χ0n) is 13.8. The first kappa shape index (κ1) is 27.2. The monoisotopic (exact) mass is 372 g/mol. The maximum atomic E-state index is 9.08. The third kappa shape index (κ3) is 21.3. The van der Waals surface area contributed by atoms with Crippen molar-refractivity contribution in [3.05, 3.63) is 47.8 Å². The molecule has 0 aliphatic heterocycles. The summed E-state index contributed by atoms with van der Waals surface area (Å²) in [7, 11) is 3.78. The standard InChI is InChI=1S/C4H5ClN2.C4H6N2.C4H9.C2Cl2O.Li/c1-7-3-2-6-4(7)5;1-6-3-2-5-4-6;1-3-4-2;3-2(4)1-5;/h2-3H,1H3;2-4H,1H3;1,3-4H2,2H3;;/q;;-1;;+1. The Morgan fingerprint density at radius 2 is 1.83 bits per heavy atom. The Labute approximate surface area is 164 Å². The number of imidazole rings is 2. The summed E-state index contributed by atoms with van der Waals surface area (Å²) >= 11 is 14.9. The van der Waals surface area contributed by atoms with Crippen molar-refractivity contribution < 1.29 is 23.7 Å². The zero-order chi connectivity index (χ0) is 17.4. The van der Waals surface area contributed by atoms with E-state index in [0.29, 0.717) is 5.28 Å². The SMILES string of the molecule is Cn1ccnc1.Cn1ccnc1Cl.O=C=C(Cl)Cl.[CH2-]CCC.[Li+]. The summed E-state index contributed by atoms with van der Waals surface area (Å²) in [6.07, 6.45) is 11.1. The van der Waals surface area contributed by atoms with Gasteiger partial charge in [-0.05, 0) is 11.6 Å². The molecule has 0 saturated carbocycles. The summed E-state index contributed by atoms with van der Waals surface area (Å²) in [4.78, 5) is 16.6. The van der Waals surface area contributed by atoms with E-state index in [1.54, 1.807) is 29.5 Å². The summed E-state index contributed by atoms with van der Waals surface area (Å²) in [5.41, 5.74) is 0. The quantitative estimate of drug-likeness (QED) is 0.429. The molecule has 5 nitrogen and oxygen atoms in total. The normalized spacial score (nSPS) is 7.78. The molecular weight excluding hydrogens is 353 g/mol. The maximum absolute atomic E-state index is 9.08. The van der Waals surface area contributed by atoms with Gasteiger partial charge in [-0.25, -0.2) is 14.8 Å². The number of aryl methyl sites for hydroxylation is 2. The molecule has 124 valence electrons. The van der Waals surface area contributed by atoms with Gasteiger partial charge in [0, 0.05) is 38.9 Å². The van der Waals surface area contributed by atoms with Gasteiger partial charge in [-0.3, -0.25) is 0 Å². The van der Waals surface area contributed by atoms with Crippen molar-refractivity contribution >= 4 is 40.7 Å². The number of aromatic nitrogens is 4. The van der Waals surface area contributed by atoms with Gasteiger partial charge in [0.2, 0.25) is 5.28 Å². The van der Waals surface area contributed by atoms with E-state index in [9.17, 15) is 0 Å². The van der Waals surface area contributed by atoms with Crippen molar-refractivity contribution in [2.24, 2.45) is 14.1 Å². The van der Waals surface area contributed by atoms with Crippen LogP contribution in [0, 0.1) is 6.92 Å². The fraction of sp³-hybridized carbons (Fsp3) is 0.357. The van der Waals surface area contributed by atoms with Crippen LogP contribution in [-0.2, 0) is 18.9 Å². The van der Waals surface area contributed by atoms with Gasteiger partial charge in [-0.1, -0.05) is 36.5 Å². The minimum Gasteiger partial charge on any atom is -0.343 e. The molecule has 0 aliphatic rings. The smallest absolute Gasteiger partial charge is 0.343 e. The van der Waals surface area contributed by atoms with Crippen LogP contribution < -0.4 is 18.9 Å². The van der Waals surface area contributed by atoms with E-state index in [4.69, 9.17) is 39.6 Å². The summed E-state index contributed by atoms with van der Waals surface area (Å²) in [5.74, 6) is 1.23. The molecule has 0 bridgehead atoms. The minimum atomic E-state index is -0.356. The molecule has 0 N–H and O–H groups in total. The number of rotatable bonds is 1.